The average Bonchev–Trinajstić information content (AvgIpc) is 2.40. The minimum atomic E-state index is -0.537. The van der Waals surface area contributed by atoms with Crippen LogP contribution in [-0.4, -0.2) is 17.6 Å². The number of carbonyl (C=O) groups excluding carboxylic acids is 1. The summed E-state index contributed by atoms with van der Waals surface area (Å²) in [5.74, 6) is 2.26. The van der Waals surface area contributed by atoms with Gasteiger partial charge < -0.3 is 15.6 Å². The SMILES string of the molecule is C#CCNC(=O)Nc1c[nH]c2c(Cl)cccc2c1=O. The van der Waals surface area contributed by atoms with Crippen molar-refractivity contribution in [2.45, 2.75) is 0 Å². The Bertz CT molecular complexity index is 731. The van der Waals surface area contributed by atoms with E-state index in [1.165, 1.54) is 6.20 Å². The number of para-hydroxylation sites is 1. The first-order valence-electron chi connectivity index (χ1n) is 5.41. The molecule has 1 heterocycles. The number of aromatic amines is 1. The Morgan fingerprint density at radius 2 is 2.26 bits per heavy atom. The summed E-state index contributed by atoms with van der Waals surface area (Å²) in [6.45, 7) is 0.0865. The highest BCUT2D eigenvalue weighted by Gasteiger charge is 2.09. The number of halogens is 1. The lowest BCUT2D eigenvalue weighted by molar-refractivity contribution is 0.253. The number of terminal acetylenes is 1. The molecular formula is C13H10ClN3O2. The molecule has 2 rings (SSSR count). The standard InChI is InChI=1S/C13H10ClN3O2/c1-2-6-15-13(19)17-10-7-16-11-8(12(10)18)4-3-5-9(11)14/h1,3-5,7H,6H2,(H,16,18)(H2,15,17,19). The van der Waals surface area contributed by atoms with E-state index in [1.54, 1.807) is 18.2 Å². The van der Waals surface area contributed by atoms with Gasteiger partial charge in [-0.15, -0.1) is 6.42 Å². The molecule has 0 spiro atoms. The highest BCUT2D eigenvalue weighted by Crippen LogP contribution is 2.19. The molecule has 0 fully saturated rings. The van der Waals surface area contributed by atoms with Gasteiger partial charge in [-0.2, -0.15) is 0 Å². The molecule has 96 valence electrons. The number of amides is 2. The van der Waals surface area contributed by atoms with Crippen LogP contribution in [0.5, 0.6) is 0 Å². The maximum Gasteiger partial charge on any atom is 0.320 e. The quantitative estimate of drug-likeness (QED) is 0.733. The van der Waals surface area contributed by atoms with E-state index in [4.69, 9.17) is 18.0 Å². The van der Waals surface area contributed by atoms with Crippen molar-refractivity contribution < 1.29 is 4.79 Å². The molecule has 0 bridgehead atoms. The summed E-state index contributed by atoms with van der Waals surface area (Å²) in [4.78, 5) is 26.4. The van der Waals surface area contributed by atoms with Crippen LogP contribution in [0.1, 0.15) is 0 Å². The number of fused-ring (bicyclic) bond motifs is 1. The van der Waals surface area contributed by atoms with Gasteiger partial charge >= 0.3 is 6.03 Å². The molecule has 0 saturated heterocycles. The zero-order valence-electron chi connectivity index (χ0n) is 9.79. The van der Waals surface area contributed by atoms with Crippen LogP contribution in [0.25, 0.3) is 10.9 Å². The van der Waals surface area contributed by atoms with Crippen molar-refractivity contribution in [3.8, 4) is 12.3 Å². The lowest BCUT2D eigenvalue weighted by atomic mass is 10.2. The highest BCUT2D eigenvalue weighted by atomic mass is 35.5. The number of H-pyrrole nitrogens is 1. The van der Waals surface area contributed by atoms with E-state index in [9.17, 15) is 9.59 Å². The van der Waals surface area contributed by atoms with Crippen molar-refractivity contribution in [3.05, 3.63) is 39.6 Å². The number of anilines is 1. The number of carbonyl (C=O) groups is 1. The number of aromatic nitrogens is 1. The van der Waals surface area contributed by atoms with E-state index in [1.807, 2.05) is 0 Å². The number of hydrogen-bond donors (Lipinski definition) is 3. The Morgan fingerprint density at radius 3 is 3.00 bits per heavy atom. The molecule has 0 unspecified atom stereocenters. The number of benzene rings is 1. The third kappa shape index (κ3) is 2.69. The van der Waals surface area contributed by atoms with Crippen molar-refractivity contribution in [2.75, 3.05) is 11.9 Å². The highest BCUT2D eigenvalue weighted by molar-refractivity contribution is 6.35. The van der Waals surface area contributed by atoms with Crippen LogP contribution in [0.2, 0.25) is 5.02 Å². The fourth-order valence-electron chi connectivity index (χ4n) is 1.61. The largest absolute Gasteiger partial charge is 0.358 e. The topological polar surface area (TPSA) is 74.0 Å². The predicted octanol–water partition coefficient (Wildman–Crippen LogP) is 1.94. The monoisotopic (exact) mass is 275 g/mol. The molecule has 1 aromatic carbocycles. The van der Waals surface area contributed by atoms with Crippen LogP contribution in [0.4, 0.5) is 10.5 Å². The number of urea groups is 1. The van der Waals surface area contributed by atoms with Gasteiger partial charge in [-0.3, -0.25) is 4.79 Å². The van der Waals surface area contributed by atoms with Crippen LogP contribution in [-0.2, 0) is 0 Å². The van der Waals surface area contributed by atoms with E-state index in [-0.39, 0.29) is 17.7 Å². The average molecular weight is 276 g/mol. The van der Waals surface area contributed by atoms with Gasteiger partial charge in [0.1, 0.15) is 5.69 Å². The second kappa shape index (κ2) is 5.46. The van der Waals surface area contributed by atoms with E-state index in [0.717, 1.165) is 0 Å². The second-order valence-corrected chi connectivity index (χ2v) is 4.11. The summed E-state index contributed by atoms with van der Waals surface area (Å²) in [5, 5.41) is 5.67. The molecule has 19 heavy (non-hydrogen) atoms. The molecule has 0 radical (unpaired) electrons. The molecule has 0 atom stereocenters. The van der Waals surface area contributed by atoms with Crippen molar-refractivity contribution in [1.82, 2.24) is 10.3 Å². The molecule has 5 nitrogen and oxygen atoms in total. The van der Waals surface area contributed by atoms with E-state index < -0.39 is 6.03 Å². The van der Waals surface area contributed by atoms with Gasteiger partial charge in [0, 0.05) is 11.6 Å². The fourth-order valence-corrected chi connectivity index (χ4v) is 1.83. The van der Waals surface area contributed by atoms with E-state index in [2.05, 4.69) is 21.5 Å². The van der Waals surface area contributed by atoms with Crippen LogP contribution in [0, 0.1) is 12.3 Å². The fraction of sp³-hybridized carbons (Fsp3) is 0.0769. The van der Waals surface area contributed by atoms with Crippen LogP contribution >= 0.6 is 11.6 Å². The minimum Gasteiger partial charge on any atom is -0.358 e. The van der Waals surface area contributed by atoms with Gasteiger partial charge in [0.25, 0.3) is 0 Å². The third-order valence-electron chi connectivity index (χ3n) is 2.46. The van der Waals surface area contributed by atoms with E-state index in [0.29, 0.717) is 15.9 Å². The first kappa shape index (κ1) is 13.0. The molecule has 0 aliphatic carbocycles. The van der Waals surface area contributed by atoms with Crippen molar-refractivity contribution in [1.29, 1.82) is 0 Å². The lowest BCUT2D eigenvalue weighted by Crippen LogP contribution is -2.31. The number of nitrogens with one attached hydrogen (secondary N) is 3. The minimum absolute atomic E-state index is 0.0865. The van der Waals surface area contributed by atoms with Crippen molar-refractivity contribution >= 4 is 34.2 Å². The third-order valence-corrected chi connectivity index (χ3v) is 2.78. The summed E-state index contributed by atoms with van der Waals surface area (Å²) in [7, 11) is 0. The predicted molar refractivity (Wildman–Crippen MR) is 75.4 cm³/mol. The smallest absolute Gasteiger partial charge is 0.320 e. The summed E-state index contributed by atoms with van der Waals surface area (Å²) in [6, 6.07) is 4.43. The summed E-state index contributed by atoms with van der Waals surface area (Å²) >= 11 is 5.96. The maximum absolute atomic E-state index is 12.1. The molecule has 6 heteroatoms. The number of pyridine rings is 1. The Labute approximate surface area is 114 Å². The zero-order valence-corrected chi connectivity index (χ0v) is 10.5. The molecule has 0 aliphatic rings. The lowest BCUT2D eigenvalue weighted by Gasteiger charge is -2.06. The molecule has 1 aromatic heterocycles. The van der Waals surface area contributed by atoms with Gasteiger partial charge in [0.2, 0.25) is 5.43 Å². The Hall–Kier alpha value is -2.45. The molecule has 3 N–H and O–H groups in total. The molecular weight excluding hydrogens is 266 g/mol. The zero-order chi connectivity index (χ0) is 13.8. The van der Waals surface area contributed by atoms with Crippen LogP contribution in [0.3, 0.4) is 0 Å². The van der Waals surface area contributed by atoms with Gasteiger partial charge in [-0.25, -0.2) is 4.79 Å². The first-order chi connectivity index (χ1) is 9.13. The molecule has 0 saturated carbocycles. The van der Waals surface area contributed by atoms with Crippen molar-refractivity contribution in [2.24, 2.45) is 0 Å². The maximum atomic E-state index is 12.1. The van der Waals surface area contributed by atoms with Crippen LogP contribution in [0.15, 0.2) is 29.2 Å². The molecule has 2 amide bonds. The summed E-state index contributed by atoms with van der Waals surface area (Å²) < 4.78 is 0. The Morgan fingerprint density at radius 1 is 1.47 bits per heavy atom. The van der Waals surface area contributed by atoms with Crippen LogP contribution < -0.4 is 16.1 Å². The molecule has 2 aromatic rings. The first-order valence-corrected chi connectivity index (χ1v) is 5.79. The van der Waals surface area contributed by atoms with Gasteiger partial charge in [-0.05, 0) is 12.1 Å². The summed E-state index contributed by atoms with van der Waals surface area (Å²) in [6.07, 6.45) is 6.41. The van der Waals surface area contributed by atoms with Gasteiger partial charge in [0.15, 0.2) is 0 Å². The van der Waals surface area contributed by atoms with Gasteiger partial charge in [-0.1, -0.05) is 23.6 Å². The second-order valence-electron chi connectivity index (χ2n) is 3.71. The van der Waals surface area contributed by atoms with Crippen molar-refractivity contribution in [3.63, 3.8) is 0 Å². The summed E-state index contributed by atoms with van der Waals surface area (Å²) in [5.41, 5.74) is 0.347. The number of hydrogen-bond acceptors (Lipinski definition) is 2. The van der Waals surface area contributed by atoms with E-state index >= 15 is 0 Å². The Kier molecular flexibility index (Phi) is 3.74. The normalized spacial score (nSPS) is 9.89. The number of rotatable bonds is 2. The van der Waals surface area contributed by atoms with Gasteiger partial charge in [0.05, 0.1) is 17.1 Å². The Balaban J connectivity index is 2.36. The molecule has 0 aliphatic heterocycles.